The molecule has 1 heterocycles. The number of sulfonamides is 1. The highest BCUT2D eigenvalue weighted by Crippen LogP contribution is 2.38. The molecule has 0 atom stereocenters. The largest absolute Gasteiger partial charge is 0.383 e. The SMILES string of the molecule is CC(C)(C)N1C(=O)C(NCCc2ccc(OS(C)(=O)=O)cc2)=C(c2ccccc2)S1(=O)=O. The standard InChI is InChI=1S/C22H26N2O6S2/c1-22(2,3)24-21(25)19(20(32(24,28)29)17-8-6-5-7-9-17)23-15-14-16-10-12-18(13-11-16)30-31(4,26)27/h5-13,23H,14-15H2,1-4H3. The molecule has 3 rings (SSSR count). The molecule has 2 aromatic carbocycles. The van der Waals surface area contributed by atoms with Gasteiger partial charge in [0, 0.05) is 6.54 Å². The molecule has 172 valence electrons. The average molecular weight is 479 g/mol. The molecule has 0 aliphatic carbocycles. The van der Waals surface area contributed by atoms with E-state index < -0.39 is 31.6 Å². The molecule has 0 radical (unpaired) electrons. The predicted octanol–water partition coefficient (Wildman–Crippen LogP) is 2.50. The fourth-order valence-corrected chi connectivity index (χ4v) is 5.98. The summed E-state index contributed by atoms with van der Waals surface area (Å²) in [6.07, 6.45) is 1.45. The molecule has 0 unspecified atom stereocenters. The van der Waals surface area contributed by atoms with E-state index in [-0.39, 0.29) is 16.4 Å². The lowest BCUT2D eigenvalue weighted by molar-refractivity contribution is -0.125. The van der Waals surface area contributed by atoms with Gasteiger partial charge in [0.05, 0.1) is 11.8 Å². The van der Waals surface area contributed by atoms with Gasteiger partial charge in [-0.3, -0.25) is 4.79 Å². The molecule has 10 heteroatoms. The molecule has 0 fully saturated rings. The van der Waals surface area contributed by atoms with E-state index in [4.69, 9.17) is 4.18 Å². The summed E-state index contributed by atoms with van der Waals surface area (Å²) < 4.78 is 54.7. The van der Waals surface area contributed by atoms with Crippen molar-refractivity contribution >= 4 is 31.0 Å². The molecular weight excluding hydrogens is 452 g/mol. The minimum Gasteiger partial charge on any atom is -0.383 e. The van der Waals surface area contributed by atoms with Crippen LogP contribution in [0, 0.1) is 0 Å². The number of nitrogens with one attached hydrogen (secondary N) is 1. The molecule has 0 spiro atoms. The van der Waals surface area contributed by atoms with E-state index in [2.05, 4.69) is 5.32 Å². The van der Waals surface area contributed by atoms with Crippen LogP contribution in [0.1, 0.15) is 31.9 Å². The molecule has 1 amide bonds. The van der Waals surface area contributed by atoms with Gasteiger partial charge in [-0.05, 0) is 50.5 Å². The van der Waals surface area contributed by atoms with Crippen molar-refractivity contribution in [3.63, 3.8) is 0 Å². The van der Waals surface area contributed by atoms with Crippen molar-refractivity contribution in [3.8, 4) is 5.75 Å². The van der Waals surface area contributed by atoms with Gasteiger partial charge in [0.1, 0.15) is 16.4 Å². The lowest BCUT2D eigenvalue weighted by Gasteiger charge is -2.30. The molecule has 1 aliphatic rings. The second-order valence-corrected chi connectivity index (χ2v) is 11.7. The van der Waals surface area contributed by atoms with Gasteiger partial charge < -0.3 is 9.50 Å². The Morgan fingerprint density at radius 2 is 1.59 bits per heavy atom. The zero-order valence-electron chi connectivity index (χ0n) is 18.3. The number of carbonyl (C=O) groups excluding carboxylic acids is 1. The Kier molecular flexibility index (Phi) is 6.39. The Morgan fingerprint density at radius 1 is 1.00 bits per heavy atom. The highest BCUT2D eigenvalue weighted by molar-refractivity contribution is 7.99. The lowest BCUT2D eigenvalue weighted by atomic mass is 10.1. The average Bonchev–Trinajstić information content (AvgIpc) is 2.87. The second-order valence-electron chi connectivity index (χ2n) is 8.42. The van der Waals surface area contributed by atoms with Crippen LogP contribution in [0.25, 0.3) is 4.91 Å². The Hall–Kier alpha value is -2.85. The number of amides is 1. The van der Waals surface area contributed by atoms with Crippen molar-refractivity contribution in [2.75, 3.05) is 12.8 Å². The molecule has 0 aromatic heterocycles. The molecule has 32 heavy (non-hydrogen) atoms. The van der Waals surface area contributed by atoms with E-state index in [1.54, 1.807) is 63.2 Å². The summed E-state index contributed by atoms with van der Waals surface area (Å²) in [4.78, 5) is 13.1. The summed E-state index contributed by atoms with van der Waals surface area (Å²) in [5.74, 6) is -0.385. The van der Waals surface area contributed by atoms with Crippen LogP contribution in [-0.2, 0) is 31.4 Å². The molecule has 1 N–H and O–H groups in total. The third kappa shape index (κ3) is 5.13. The van der Waals surface area contributed by atoms with Gasteiger partial charge in [-0.1, -0.05) is 42.5 Å². The van der Waals surface area contributed by atoms with Crippen molar-refractivity contribution in [3.05, 3.63) is 71.4 Å². The van der Waals surface area contributed by atoms with E-state index in [1.165, 1.54) is 12.1 Å². The Balaban J connectivity index is 1.85. The van der Waals surface area contributed by atoms with E-state index in [1.807, 2.05) is 0 Å². The van der Waals surface area contributed by atoms with Crippen LogP contribution in [0.15, 0.2) is 60.3 Å². The van der Waals surface area contributed by atoms with Crippen LogP contribution >= 0.6 is 0 Å². The maximum Gasteiger partial charge on any atom is 0.306 e. The molecule has 0 saturated heterocycles. The highest BCUT2D eigenvalue weighted by Gasteiger charge is 2.49. The zero-order valence-corrected chi connectivity index (χ0v) is 20.0. The monoisotopic (exact) mass is 478 g/mol. The predicted molar refractivity (Wildman–Crippen MR) is 123 cm³/mol. The third-order valence-corrected chi connectivity index (χ3v) is 7.30. The summed E-state index contributed by atoms with van der Waals surface area (Å²) in [6, 6.07) is 15.0. The smallest absolute Gasteiger partial charge is 0.306 e. The summed E-state index contributed by atoms with van der Waals surface area (Å²) in [6.45, 7) is 5.33. The molecule has 0 bridgehead atoms. The zero-order chi connectivity index (χ0) is 23.7. The number of carbonyl (C=O) groups is 1. The summed E-state index contributed by atoms with van der Waals surface area (Å²) in [5, 5.41) is 3.02. The van der Waals surface area contributed by atoms with Gasteiger partial charge in [0.25, 0.3) is 15.9 Å². The maximum atomic E-state index is 13.3. The minimum atomic E-state index is -4.03. The molecule has 1 aliphatic heterocycles. The normalized spacial score (nSPS) is 16.4. The first-order valence-electron chi connectivity index (χ1n) is 9.92. The van der Waals surface area contributed by atoms with Crippen LogP contribution in [-0.4, -0.2) is 45.4 Å². The first-order valence-corrected chi connectivity index (χ1v) is 13.2. The van der Waals surface area contributed by atoms with E-state index >= 15 is 0 Å². The molecule has 8 nitrogen and oxygen atoms in total. The quantitative estimate of drug-likeness (QED) is 0.609. The topological polar surface area (TPSA) is 110 Å². The highest BCUT2D eigenvalue weighted by atomic mass is 32.2. The number of rotatable bonds is 7. The van der Waals surface area contributed by atoms with Crippen molar-refractivity contribution in [1.82, 2.24) is 9.62 Å². The molecule has 0 saturated carbocycles. The number of hydrogen-bond donors (Lipinski definition) is 1. The summed E-state index contributed by atoms with van der Waals surface area (Å²) >= 11 is 0. The van der Waals surface area contributed by atoms with Gasteiger partial charge >= 0.3 is 10.1 Å². The van der Waals surface area contributed by atoms with Crippen LogP contribution in [0.2, 0.25) is 0 Å². The van der Waals surface area contributed by atoms with E-state index in [0.717, 1.165) is 16.1 Å². The minimum absolute atomic E-state index is 0.0325. The first-order chi connectivity index (χ1) is 14.8. The summed E-state index contributed by atoms with van der Waals surface area (Å²) in [7, 11) is -7.63. The fraction of sp³-hybridized carbons (Fsp3) is 0.318. The second kappa shape index (κ2) is 8.59. The van der Waals surface area contributed by atoms with Crippen LogP contribution in [0.5, 0.6) is 5.75 Å². The van der Waals surface area contributed by atoms with Gasteiger partial charge in [-0.2, -0.15) is 8.42 Å². The number of nitrogens with zero attached hydrogens (tertiary/aromatic N) is 1. The van der Waals surface area contributed by atoms with Crippen molar-refractivity contribution in [1.29, 1.82) is 0 Å². The van der Waals surface area contributed by atoms with E-state index in [0.29, 0.717) is 18.5 Å². The van der Waals surface area contributed by atoms with Gasteiger partial charge in [-0.15, -0.1) is 0 Å². The summed E-state index contributed by atoms with van der Waals surface area (Å²) in [5.41, 5.74) is 0.427. The van der Waals surface area contributed by atoms with Crippen molar-refractivity contribution in [2.24, 2.45) is 0 Å². The van der Waals surface area contributed by atoms with Crippen LogP contribution in [0.3, 0.4) is 0 Å². The Morgan fingerprint density at radius 3 is 2.12 bits per heavy atom. The van der Waals surface area contributed by atoms with E-state index in [9.17, 15) is 21.6 Å². The van der Waals surface area contributed by atoms with Crippen LogP contribution in [0.4, 0.5) is 0 Å². The van der Waals surface area contributed by atoms with Crippen molar-refractivity contribution in [2.45, 2.75) is 32.7 Å². The lowest BCUT2D eigenvalue weighted by Crippen LogP contribution is -2.46. The van der Waals surface area contributed by atoms with Gasteiger partial charge in [0.2, 0.25) is 0 Å². The fourth-order valence-electron chi connectivity index (χ4n) is 3.45. The van der Waals surface area contributed by atoms with Gasteiger partial charge in [-0.25, -0.2) is 12.7 Å². The Bertz CT molecular complexity index is 1240. The molecular formula is C22H26N2O6S2. The third-order valence-electron chi connectivity index (χ3n) is 4.66. The van der Waals surface area contributed by atoms with Gasteiger partial charge in [0.15, 0.2) is 0 Å². The molecule has 2 aromatic rings. The Labute approximate surface area is 189 Å². The van der Waals surface area contributed by atoms with Crippen LogP contribution < -0.4 is 9.50 Å². The maximum absolute atomic E-state index is 13.3. The van der Waals surface area contributed by atoms with Crippen molar-refractivity contribution < 1.29 is 25.8 Å². The number of benzene rings is 2. The number of hydrogen-bond acceptors (Lipinski definition) is 7. The first kappa shape index (κ1) is 23.8.